The summed E-state index contributed by atoms with van der Waals surface area (Å²) < 4.78 is 31.6. The van der Waals surface area contributed by atoms with Crippen molar-refractivity contribution in [2.24, 2.45) is 0 Å². The Morgan fingerprint density at radius 3 is 2.36 bits per heavy atom. The van der Waals surface area contributed by atoms with Gasteiger partial charge in [0.05, 0.1) is 16.9 Å². The number of methoxy groups -OCH3 is 1. The molecule has 1 N–H and O–H groups in total. The molecule has 0 unspecified atom stereocenters. The second-order valence-electron chi connectivity index (χ2n) is 4.20. The van der Waals surface area contributed by atoms with Crippen LogP contribution in [0.4, 0.5) is 11.4 Å². The van der Waals surface area contributed by atoms with Gasteiger partial charge in [-0.25, -0.2) is 8.42 Å². The van der Waals surface area contributed by atoms with E-state index in [2.05, 4.69) is 4.72 Å². The highest BCUT2D eigenvalue weighted by Gasteiger charge is 2.21. The Hall–Kier alpha value is -2.32. The van der Waals surface area contributed by atoms with Gasteiger partial charge in [0.25, 0.3) is 15.7 Å². The highest BCUT2D eigenvalue weighted by Crippen LogP contribution is 2.29. The van der Waals surface area contributed by atoms with Crippen molar-refractivity contribution in [1.82, 2.24) is 0 Å². The Morgan fingerprint density at radius 2 is 1.82 bits per heavy atom. The van der Waals surface area contributed by atoms with Gasteiger partial charge in [0.1, 0.15) is 11.4 Å². The standard InChI is InChI=1S/C13H11ClN2O5S/c1-21-10-3-5-11(6-4-10)22(19,20)15-12-7-2-9(14)8-13(12)16(17)18/h2-8,15H,1H3. The second-order valence-corrected chi connectivity index (χ2v) is 6.32. The van der Waals surface area contributed by atoms with E-state index < -0.39 is 20.6 Å². The molecule has 0 spiro atoms. The van der Waals surface area contributed by atoms with Crippen molar-refractivity contribution in [2.75, 3.05) is 11.8 Å². The molecule has 0 amide bonds. The molecule has 0 saturated carbocycles. The van der Waals surface area contributed by atoms with E-state index in [-0.39, 0.29) is 15.6 Å². The summed E-state index contributed by atoms with van der Waals surface area (Å²) in [5.41, 5.74) is -0.588. The van der Waals surface area contributed by atoms with E-state index in [1.165, 1.54) is 43.5 Å². The molecule has 2 rings (SSSR count). The van der Waals surface area contributed by atoms with Crippen LogP contribution in [0, 0.1) is 10.1 Å². The van der Waals surface area contributed by atoms with Crippen LogP contribution in [-0.4, -0.2) is 20.5 Å². The van der Waals surface area contributed by atoms with Crippen LogP contribution in [0.3, 0.4) is 0 Å². The second kappa shape index (κ2) is 6.20. The molecule has 116 valence electrons. The maximum absolute atomic E-state index is 12.3. The smallest absolute Gasteiger partial charge is 0.294 e. The summed E-state index contributed by atoms with van der Waals surface area (Å²) in [5, 5.41) is 11.1. The summed E-state index contributed by atoms with van der Waals surface area (Å²) in [4.78, 5) is 10.2. The Morgan fingerprint density at radius 1 is 1.18 bits per heavy atom. The van der Waals surface area contributed by atoms with E-state index in [0.29, 0.717) is 5.75 Å². The first-order valence-corrected chi connectivity index (χ1v) is 7.80. The summed E-state index contributed by atoms with van der Waals surface area (Å²) in [5.74, 6) is 0.497. The lowest BCUT2D eigenvalue weighted by atomic mass is 10.3. The molecule has 0 atom stereocenters. The van der Waals surface area contributed by atoms with Crippen LogP contribution >= 0.6 is 11.6 Å². The predicted octanol–water partition coefficient (Wildman–Crippen LogP) is 3.06. The van der Waals surface area contributed by atoms with Gasteiger partial charge >= 0.3 is 0 Å². The highest BCUT2D eigenvalue weighted by atomic mass is 35.5. The number of rotatable bonds is 5. The van der Waals surface area contributed by atoms with Crippen LogP contribution in [0.5, 0.6) is 5.75 Å². The van der Waals surface area contributed by atoms with Gasteiger partial charge < -0.3 is 4.74 Å². The maximum atomic E-state index is 12.3. The number of nitrogens with zero attached hydrogens (tertiary/aromatic N) is 1. The molecule has 0 aliphatic carbocycles. The molecule has 0 bridgehead atoms. The molecular formula is C13H11ClN2O5S. The van der Waals surface area contributed by atoms with Crippen molar-refractivity contribution in [1.29, 1.82) is 0 Å². The fraction of sp³-hybridized carbons (Fsp3) is 0.0769. The first kappa shape index (κ1) is 16.1. The number of benzene rings is 2. The molecule has 7 nitrogen and oxygen atoms in total. The summed E-state index contributed by atoms with van der Waals surface area (Å²) in [6.07, 6.45) is 0. The Balaban J connectivity index is 2.38. The van der Waals surface area contributed by atoms with Crippen LogP contribution in [-0.2, 0) is 10.0 Å². The number of anilines is 1. The first-order chi connectivity index (χ1) is 10.3. The molecule has 22 heavy (non-hydrogen) atoms. The van der Waals surface area contributed by atoms with Gasteiger partial charge in [-0.05, 0) is 36.4 Å². The van der Waals surface area contributed by atoms with Gasteiger partial charge in [0, 0.05) is 11.1 Å². The summed E-state index contributed by atoms with van der Waals surface area (Å²) in [7, 11) is -2.50. The van der Waals surface area contributed by atoms with Crippen LogP contribution in [0.1, 0.15) is 0 Å². The molecule has 0 radical (unpaired) electrons. The average molecular weight is 343 g/mol. The molecular weight excluding hydrogens is 332 g/mol. The van der Waals surface area contributed by atoms with Crippen LogP contribution in [0.15, 0.2) is 47.4 Å². The molecule has 9 heteroatoms. The van der Waals surface area contributed by atoms with Crippen molar-refractivity contribution in [3.05, 3.63) is 57.6 Å². The van der Waals surface area contributed by atoms with E-state index in [1.54, 1.807) is 0 Å². The zero-order chi connectivity index (χ0) is 16.3. The summed E-state index contributed by atoms with van der Waals surface area (Å²) >= 11 is 5.69. The minimum absolute atomic E-state index is 0.0439. The van der Waals surface area contributed by atoms with Crippen LogP contribution < -0.4 is 9.46 Å². The van der Waals surface area contributed by atoms with Crippen LogP contribution in [0.25, 0.3) is 0 Å². The third-order valence-electron chi connectivity index (χ3n) is 2.77. The highest BCUT2D eigenvalue weighted by molar-refractivity contribution is 7.92. The van der Waals surface area contributed by atoms with Crippen molar-refractivity contribution >= 4 is 33.0 Å². The number of nitro groups is 1. The van der Waals surface area contributed by atoms with Gasteiger partial charge in [-0.15, -0.1) is 0 Å². The fourth-order valence-electron chi connectivity index (χ4n) is 1.70. The van der Waals surface area contributed by atoms with E-state index >= 15 is 0 Å². The largest absolute Gasteiger partial charge is 0.497 e. The van der Waals surface area contributed by atoms with Crippen LogP contribution in [0.2, 0.25) is 5.02 Å². The minimum atomic E-state index is -3.96. The van der Waals surface area contributed by atoms with Gasteiger partial charge in [-0.3, -0.25) is 14.8 Å². The zero-order valence-electron chi connectivity index (χ0n) is 11.3. The lowest BCUT2D eigenvalue weighted by Gasteiger charge is -2.09. The van der Waals surface area contributed by atoms with Crippen molar-refractivity contribution in [3.8, 4) is 5.75 Å². The third-order valence-corrected chi connectivity index (χ3v) is 4.39. The van der Waals surface area contributed by atoms with Crippen molar-refractivity contribution < 1.29 is 18.1 Å². The summed E-state index contributed by atoms with van der Waals surface area (Å²) in [6.45, 7) is 0. The van der Waals surface area contributed by atoms with Gasteiger partial charge in [-0.2, -0.15) is 0 Å². The average Bonchev–Trinajstić information content (AvgIpc) is 2.48. The number of hydrogen-bond acceptors (Lipinski definition) is 5. The van der Waals surface area contributed by atoms with Crippen molar-refractivity contribution in [3.63, 3.8) is 0 Å². The lowest BCUT2D eigenvalue weighted by molar-refractivity contribution is -0.383. The number of nitro benzene ring substituents is 1. The minimum Gasteiger partial charge on any atom is -0.497 e. The van der Waals surface area contributed by atoms with E-state index in [0.717, 1.165) is 6.07 Å². The zero-order valence-corrected chi connectivity index (χ0v) is 12.9. The number of nitrogens with one attached hydrogen (secondary N) is 1. The SMILES string of the molecule is COc1ccc(S(=O)(=O)Nc2ccc(Cl)cc2[N+](=O)[O-])cc1. The van der Waals surface area contributed by atoms with E-state index in [1.807, 2.05) is 0 Å². The van der Waals surface area contributed by atoms with Crippen molar-refractivity contribution in [2.45, 2.75) is 4.90 Å². The Labute approximate surface area is 131 Å². The molecule has 0 aromatic heterocycles. The van der Waals surface area contributed by atoms with Gasteiger partial charge in [0.2, 0.25) is 0 Å². The molecule has 2 aromatic rings. The number of ether oxygens (including phenoxy) is 1. The number of halogens is 1. The predicted molar refractivity (Wildman–Crippen MR) is 81.9 cm³/mol. The summed E-state index contributed by atoms with van der Waals surface area (Å²) in [6, 6.07) is 9.30. The van der Waals surface area contributed by atoms with E-state index in [4.69, 9.17) is 16.3 Å². The number of hydrogen-bond donors (Lipinski definition) is 1. The lowest BCUT2D eigenvalue weighted by Crippen LogP contribution is -2.14. The van der Waals surface area contributed by atoms with Gasteiger partial charge in [-0.1, -0.05) is 11.6 Å². The molecule has 0 heterocycles. The molecule has 0 saturated heterocycles. The normalized spacial score (nSPS) is 11.0. The first-order valence-electron chi connectivity index (χ1n) is 5.94. The maximum Gasteiger partial charge on any atom is 0.294 e. The quantitative estimate of drug-likeness (QED) is 0.665. The molecule has 0 aliphatic heterocycles. The Bertz CT molecular complexity index is 806. The topological polar surface area (TPSA) is 98.5 Å². The Kier molecular flexibility index (Phi) is 4.53. The molecule has 2 aromatic carbocycles. The number of sulfonamides is 1. The third kappa shape index (κ3) is 3.46. The fourth-order valence-corrected chi connectivity index (χ4v) is 2.94. The van der Waals surface area contributed by atoms with E-state index in [9.17, 15) is 18.5 Å². The molecule has 0 aliphatic rings. The van der Waals surface area contributed by atoms with Gasteiger partial charge in [0.15, 0.2) is 0 Å². The monoisotopic (exact) mass is 342 g/mol. The molecule has 0 fully saturated rings.